The number of hydrogen-bond donors (Lipinski definition) is 2. The van der Waals surface area contributed by atoms with Crippen molar-refractivity contribution >= 4 is 38.7 Å². The second-order valence-corrected chi connectivity index (χ2v) is 8.00. The Labute approximate surface area is 158 Å². The number of aliphatic hydroxyl groups is 1. The molecule has 130 valence electrons. The fourth-order valence-corrected chi connectivity index (χ4v) is 4.35. The van der Waals surface area contributed by atoms with Crippen LogP contribution < -0.4 is 0 Å². The average Bonchev–Trinajstić information content (AvgIpc) is 3.31. The van der Waals surface area contributed by atoms with Gasteiger partial charge in [0.15, 0.2) is 0 Å². The lowest BCUT2D eigenvalue weighted by Crippen LogP contribution is -2.34. The van der Waals surface area contributed by atoms with Gasteiger partial charge in [-0.05, 0) is 25.0 Å². The van der Waals surface area contributed by atoms with E-state index in [1.807, 2.05) is 34.5 Å². The molecule has 5 nitrogen and oxygen atoms in total. The first kappa shape index (κ1) is 16.8. The van der Waals surface area contributed by atoms with Crippen LogP contribution in [0.2, 0.25) is 0 Å². The summed E-state index contributed by atoms with van der Waals surface area (Å²) in [4.78, 5) is 6.52. The van der Waals surface area contributed by atoms with Crippen LogP contribution in [0.15, 0.2) is 39.9 Å². The second kappa shape index (κ2) is 6.90. The molecule has 3 heterocycles. The van der Waals surface area contributed by atoms with Crippen molar-refractivity contribution in [2.24, 2.45) is 0 Å². The highest BCUT2D eigenvalue weighted by atomic mass is 79.9. The van der Waals surface area contributed by atoms with Crippen molar-refractivity contribution in [1.82, 2.24) is 9.88 Å². The minimum atomic E-state index is 0.155. The number of hydrogen-bond acceptors (Lipinski definition) is 5. The molecule has 4 rings (SSSR count). The standard InChI is InChI=1S/C18H18BrN3O2S/c19-12-5-3-11(4-6-12)14-10-25-18(21-14)16-15(23)9-22(17(16)20)8-13-2-1-7-24-13/h3-6,10,13,20,23H,1-2,7-9H2. The topological polar surface area (TPSA) is 69.4 Å². The van der Waals surface area contributed by atoms with Gasteiger partial charge in [0.1, 0.15) is 16.6 Å². The number of amidine groups is 1. The van der Waals surface area contributed by atoms with Gasteiger partial charge in [-0.15, -0.1) is 11.3 Å². The molecule has 2 N–H and O–H groups in total. The maximum atomic E-state index is 10.4. The van der Waals surface area contributed by atoms with E-state index in [1.165, 1.54) is 11.3 Å². The van der Waals surface area contributed by atoms with Crippen LogP contribution in [0.4, 0.5) is 0 Å². The van der Waals surface area contributed by atoms with E-state index in [-0.39, 0.29) is 11.9 Å². The van der Waals surface area contributed by atoms with Crippen LogP contribution in [0.5, 0.6) is 0 Å². The predicted octanol–water partition coefficient (Wildman–Crippen LogP) is 4.31. The van der Waals surface area contributed by atoms with E-state index >= 15 is 0 Å². The van der Waals surface area contributed by atoms with Crippen LogP contribution in [0.1, 0.15) is 17.8 Å². The zero-order valence-corrected chi connectivity index (χ0v) is 15.9. The summed E-state index contributed by atoms with van der Waals surface area (Å²) in [6.07, 6.45) is 2.24. The summed E-state index contributed by atoms with van der Waals surface area (Å²) < 4.78 is 6.68. The SMILES string of the molecule is N=C1C(c2nc(-c3ccc(Br)cc3)cs2)=C(O)CN1CC1CCCO1. The molecule has 0 bridgehead atoms. The summed E-state index contributed by atoms with van der Waals surface area (Å²) in [7, 11) is 0. The maximum Gasteiger partial charge on any atom is 0.135 e. The van der Waals surface area contributed by atoms with E-state index in [4.69, 9.17) is 10.1 Å². The Morgan fingerprint density at radius 1 is 1.36 bits per heavy atom. The normalized spacial score (nSPS) is 20.8. The second-order valence-electron chi connectivity index (χ2n) is 6.23. The molecule has 0 spiro atoms. The largest absolute Gasteiger partial charge is 0.510 e. The van der Waals surface area contributed by atoms with Gasteiger partial charge < -0.3 is 14.7 Å². The lowest BCUT2D eigenvalue weighted by molar-refractivity contribution is 0.0924. The van der Waals surface area contributed by atoms with Gasteiger partial charge in [-0.25, -0.2) is 4.98 Å². The van der Waals surface area contributed by atoms with E-state index in [0.29, 0.717) is 29.5 Å². The number of nitrogens with one attached hydrogen (secondary N) is 1. The molecule has 1 saturated heterocycles. The molecule has 2 aromatic rings. The molecule has 7 heteroatoms. The van der Waals surface area contributed by atoms with E-state index in [0.717, 1.165) is 35.2 Å². The number of benzene rings is 1. The molecule has 1 atom stereocenters. The summed E-state index contributed by atoms with van der Waals surface area (Å²) in [5.74, 6) is 0.560. The Balaban J connectivity index is 1.54. The Bertz CT molecular complexity index is 825. The molecule has 1 unspecified atom stereocenters. The van der Waals surface area contributed by atoms with Crippen LogP contribution in [-0.4, -0.2) is 46.6 Å². The lowest BCUT2D eigenvalue weighted by atomic mass is 10.2. The molecule has 25 heavy (non-hydrogen) atoms. The Hall–Kier alpha value is -1.70. The summed E-state index contributed by atoms with van der Waals surface area (Å²) in [6.45, 7) is 1.81. The monoisotopic (exact) mass is 419 g/mol. The van der Waals surface area contributed by atoms with Crippen molar-refractivity contribution in [3.05, 3.63) is 44.9 Å². The predicted molar refractivity (Wildman–Crippen MR) is 103 cm³/mol. The van der Waals surface area contributed by atoms with Crippen molar-refractivity contribution in [2.75, 3.05) is 19.7 Å². The molecule has 2 aliphatic heterocycles. The van der Waals surface area contributed by atoms with Crippen molar-refractivity contribution in [1.29, 1.82) is 5.41 Å². The average molecular weight is 420 g/mol. The number of nitrogens with zero attached hydrogens (tertiary/aromatic N) is 2. The van der Waals surface area contributed by atoms with Gasteiger partial charge in [-0.2, -0.15) is 0 Å². The van der Waals surface area contributed by atoms with Gasteiger partial charge in [0.05, 0.1) is 23.9 Å². The molecule has 1 aromatic carbocycles. The van der Waals surface area contributed by atoms with Gasteiger partial charge in [0.25, 0.3) is 0 Å². The minimum absolute atomic E-state index is 0.155. The number of halogens is 1. The Morgan fingerprint density at radius 2 is 2.16 bits per heavy atom. The quantitative estimate of drug-likeness (QED) is 0.774. The minimum Gasteiger partial charge on any atom is -0.510 e. The first-order valence-corrected chi connectivity index (χ1v) is 9.88. The van der Waals surface area contributed by atoms with Crippen LogP contribution in [-0.2, 0) is 4.74 Å². The number of ether oxygens (including phenoxy) is 1. The molecule has 0 aliphatic carbocycles. The van der Waals surface area contributed by atoms with Crippen molar-refractivity contribution in [2.45, 2.75) is 18.9 Å². The highest BCUT2D eigenvalue weighted by Gasteiger charge is 2.32. The third-order valence-corrected chi connectivity index (χ3v) is 5.88. The van der Waals surface area contributed by atoms with Gasteiger partial charge >= 0.3 is 0 Å². The molecule has 1 fully saturated rings. The Kier molecular flexibility index (Phi) is 4.62. The van der Waals surface area contributed by atoms with Crippen LogP contribution in [0, 0.1) is 5.41 Å². The first-order valence-electron chi connectivity index (χ1n) is 8.21. The van der Waals surface area contributed by atoms with E-state index in [2.05, 4.69) is 20.9 Å². The number of aromatic nitrogens is 1. The summed E-state index contributed by atoms with van der Waals surface area (Å²) >= 11 is 4.89. The fourth-order valence-electron chi connectivity index (χ4n) is 3.19. The number of aliphatic hydroxyl groups excluding tert-OH is 1. The Morgan fingerprint density at radius 3 is 2.88 bits per heavy atom. The molecular formula is C18H18BrN3O2S. The van der Waals surface area contributed by atoms with Crippen LogP contribution >= 0.6 is 27.3 Å². The van der Waals surface area contributed by atoms with Gasteiger partial charge in [0.2, 0.25) is 0 Å². The maximum absolute atomic E-state index is 10.4. The summed E-state index contributed by atoms with van der Waals surface area (Å²) in [6, 6.07) is 7.96. The van der Waals surface area contributed by atoms with Crippen LogP contribution in [0.3, 0.4) is 0 Å². The highest BCUT2D eigenvalue weighted by Crippen LogP contribution is 2.33. The lowest BCUT2D eigenvalue weighted by Gasteiger charge is -2.21. The van der Waals surface area contributed by atoms with Crippen LogP contribution in [0.25, 0.3) is 16.8 Å². The highest BCUT2D eigenvalue weighted by molar-refractivity contribution is 9.10. The van der Waals surface area contributed by atoms with E-state index in [1.54, 1.807) is 0 Å². The fraction of sp³-hybridized carbons (Fsp3) is 0.333. The smallest absolute Gasteiger partial charge is 0.135 e. The zero-order valence-electron chi connectivity index (χ0n) is 13.5. The van der Waals surface area contributed by atoms with Gasteiger partial charge in [-0.1, -0.05) is 28.1 Å². The van der Waals surface area contributed by atoms with E-state index < -0.39 is 0 Å². The van der Waals surface area contributed by atoms with Crippen molar-refractivity contribution in [3.63, 3.8) is 0 Å². The van der Waals surface area contributed by atoms with Crippen molar-refractivity contribution < 1.29 is 9.84 Å². The molecule has 2 aliphatic rings. The molecule has 0 saturated carbocycles. The molecule has 0 radical (unpaired) electrons. The first-order chi connectivity index (χ1) is 12.1. The van der Waals surface area contributed by atoms with Crippen molar-refractivity contribution in [3.8, 4) is 11.3 Å². The molecular weight excluding hydrogens is 402 g/mol. The summed E-state index contributed by atoms with van der Waals surface area (Å²) in [5.41, 5.74) is 2.43. The van der Waals surface area contributed by atoms with E-state index in [9.17, 15) is 5.11 Å². The zero-order chi connectivity index (χ0) is 17.4. The van der Waals surface area contributed by atoms with Gasteiger partial charge in [0, 0.05) is 28.6 Å². The third-order valence-electron chi connectivity index (χ3n) is 4.49. The summed E-state index contributed by atoms with van der Waals surface area (Å²) in [5, 5.41) is 21.5. The number of rotatable bonds is 4. The third kappa shape index (κ3) is 3.36. The molecule has 0 amide bonds. The number of thiazole rings is 1. The molecule has 1 aromatic heterocycles. The van der Waals surface area contributed by atoms with Gasteiger partial charge in [-0.3, -0.25) is 5.41 Å².